The minimum atomic E-state index is -1.08. The molecule has 5 nitrogen and oxygen atoms in total. The van der Waals surface area contributed by atoms with Gasteiger partial charge in [0.2, 0.25) is 0 Å². The average molecular weight is 385 g/mol. The second kappa shape index (κ2) is 20.0. The van der Waals surface area contributed by atoms with Gasteiger partial charge in [-0.1, -0.05) is 85.0 Å². The van der Waals surface area contributed by atoms with E-state index < -0.39 is 12.1 Å². The van der Waals surface area contributed by atoms with Crippen LogP contribution in [0.1, 0.15) is 104 Å². The van der Waals surface area contributed by atoms with Gasteiger partial charge < -0.3 is 39.7 Å². The number of aliphatic hydroxyl groups is 1. The zero-order valence-electron chi connectivity index (χ0n) is 17.4. The van der Waals surface area contributed by atoms with Crippen molar-refractivity contribution in [3.63, 3.8) is 0 Å². The number of carboxylic acids is 1. The van der Waals surface area contributed by atoms with E-state index in [2.05, 4.69) is 6.92 Å². The van der Waals surface area contributed by atoms with Gasteiger partial charge in [0.05, 0.1) is 6.10 Å². The van der Waals surface area contributed by atoms with Gasteiger partial charge in [0.25, 0.3) is 0 Å². The van der Waals surface area contributed by atoms with Gasteiger partial charge in [-0.25, -0.2) is 0 Å². The molecule has 0 aromatic heterocycles. The molecule has 156 valence electrons. The van der Waals surface area contributed by atoms with Crippen LogP contribution in [0.4, 0.5) is 0 Å². The number of rotatable bonds is 15. The maximum atomic E-state index is 10.5. The van der Waals surface area contributed by atoms with E-state index in [0.717, 1.165) is 12.8 Å². The van der Waals surface area contributed by atoms with Crippen LogP contribution in [-0.4, -0.2) is 17.2 Å². The number of aliphatic hydroxyl groups excluding tert-OH is 1. The lowest BCUT2D eigenvalue weighted by Crippen LogP contribution is -3.00. The highest BCUT2D eigenvalue weighted by molar-refractivity contribution is 5.64. The van der Waals surface area contributed by atoms with Gasteiger partial charge in [0.1, 0.15) is 0 Å². The molecule has 0 heterocycles. The van der Waals surface area contributed by atoms with Crippen LogP contribution in [0.25, 0.3) is 0 Å². The molecule has 0 rings (SSSR count). The standard InChI is InChI=1S/C19H38O3.ClH.2H3N/c1-4-5-6-7-8-9-10-11-12-13-16-19(2,3)17(20)14-15-18(21)22;;;/h17,20H,4-16H2,1-3H3,(H,21,22);1H;2*1H3. The Morgan fingerprint density at radius 2 is 1.32 bits per heavy atom. The van der Waals surface area contributed by atoms with E-state index in [4.69, 9.17) is 0 Å². The number of carbonyl (C=O) groups excluding carboxylic acids is 1. The third kappa shape index (κ3) is 19.8. The number of hydrogen-bond donors (Lipinski definition) is 3. The van der Waals surface area contributed by atoms with Gasteiger partial charge in [-0.3, -0.25) is 0 Å². The first-order chi connectivity index (χ1) is 10.4. The Bertz CT molecular complexity index is 290. The summed E-state index contributed by atoms with van der Waals surface area (Å²) in [6.07, 6.45) is 13.7. The normalized spacial score (nSPS) is 11.7. The molecule has 9 N–H and O–H groups in total. The van der Waals surface area contributed by atoms with Crippen LogP contribution in [0.15, 0.2) is 0 Å². The molecule has 0 bridgehead atoms. The quantitative estimate of drug-likeness (QED) is 0.372. The maximum absolute atomic E-state index is 10.5. The van der Waals surface area contributed by atoms with Gasteiger partial charge in [0, 0.05) is 5.97 Å². The third-order valence-electron chi connectivity index (χ3n) is 4.70. The Balaban J connectivity index is -0.000000735. The number of unbranched alkanes of at least 4 members (excludes halogenated alkanes) is 9. The summed E-state index contributed by atoms with van der Waals surface area (Å²) in [4.78, 5) is 10.5. The predicted octanol–water partition coefficient (Wildman–Crippen LogP) is 1.97. The zero-order valence-corrected chi connectivity index (χ0v) is 18.2. The number of hydrogen-bond acceptors (Lipinski definition) is 3. The Kier molecular flexibility index (Phi) is 25.8. The number of halogens is 1. The van der Waals surface area contributed by atoms with Gasteiger partial charge in [-0.15, -0.1) is 0 Å². The summed E-state index contributed by atoms with van der Waals surface area (Å²) in [6, 6.07) is 0. The topological polar surface area (TPSA) is 133 Å². The molecular formula is C19H45ClN2O3. The minimum absolute atomic E-state index is 0. The van der Waals surface area contributed by atoms with Crippen molar-refractivity contribution in [3.8, 4) is 0 Å². The predicted molar refractivity (Wildman–Crippen MR) is 102 cm³/mol. The Morgan fingerprint density at radius 1 is 0.920 bits per heavy atom. The average Bonchev–Trinajstić information content (AvgIpc) is 2.46. The number of carboxylic acid groups (broad SMARTS) is 1. The van der Waals surface area contributed by atoms with Crippen molar-refractivity contribution in [3.05, 3.63) is 0 Å². The summed E-state index contributed by atoms with van der Waals surface area (Å²) < 4.78 is 0. The van der Waals surface area contributed by atoms with Crippen molar-refractivity contribution >= 4 is 5.97 Å². The van der Waals surface area contributed by atoms with Crippen LogP contribution >= 0.6 is 0 Å². The van der Waals surface area contributed by atoms with Crippen molar-refractivity contribution in [1.29, 1.82) is 0 Å². The largest absolute Gasteiger partial charge is 1.00 e. The fraction of sp³-hybridized carbons (Fsp3) is 0.947. The highest BCUT2D eigenvalue weighted by Crippen LogP contribution is 2.30. The lowest BCUT2D eigenvalue weighted by molar-refractivity contribution is -0.306. The van der Waals surface area contributed by atoms with Crippen LogP contribution in [0.5, 0.6) is 0 Å². The molecule has 6 heteroatoms. The first kappa shape index (κ1) is 32.3. The Labute approximate surface area is 161 Å². The van der Waals surface area contributed by atoms with Gasteiger partial charge in [0.15, 0.2) is 0 Å². The molecule has 0 aromatic carbocycles. The minimum Gasteiger partial charge on any atom is -1.00 e. The van der Waals surface area contributed by atoms with E-state index in [0.29, 0.717) is 6.42 Å². The summed E-state index contributed by atoms with van der Waals surface area (Å²) in [7, 11) is 0. The Hall–Kier alpha value is -0.360. The molecule has 0 aliphatic carbocycles. The van der Waals surface area contributed by atoms with E-state index in [1.165, 1.54) is 57.8 Å². The molecule has 1 atom stereocenters. The molecule has 0 fully saturated rings. The summed E-state index contributed by atoms with van der Waals surface area (Å²) >= 11 is 0. The van der Waals surface area contributed by atoms with Crippen molar-refractivity contribution in [1.82, 2.24) is 12.3 Å². The summed E-state index contributed by atoms with van der Waals surface area (Å²) in [5.74, 6) is -1.08. The monoisotopic (exact) mass is 384 g/mol. The molecule has 1 unspecified atom stereocenters. The second-order valence-electron chi connectivity index (χ2n) is 7.35. The van der Waals surface area contributed by atoms with E-state index in [9.17, 15) is 15.0 Å². The zero-order chi connectivity index (χ0) is 16.8. The maximum Gasteiger partial charge on any atom is 0.0594 e. The van der Waals surface area contributed by atoms with Gasteiger partial charge in [-0.05, 0) is 24.7 Å². The molecular weight excluding hydrogens is 340 g/mol. The van der Waals surface area contributed by atoms with Gasteiger partial charge >= 0.3 is 0 Å². The second-order valence-corrected chi connectivity index (χ2v) is 7.35. The first-order valence-corrected chi connectivity index (χ1v) is 9.28. The van der Waals surface area contributed by atoms with Crippen LogP contribution in [0.2, 0.25) is 0 Å². The van der Waals surface area contributed by atoms with Crippen molar-refractivity contribution in [2.24, 2.45) is 5.41 Å². The molecule has 25 heavy (non-hydrogen) atoms. The van der Waals surface area contributed by atoms with Crippen LogP contribution < -0.4 is 29.8 Å². The molecule has 0 spiro atoms. The fourth-order valence-electron chi connectivity index (χ4n) is 2.88. The SMILES string of the molecule is CCCCCCCCCCCCC(C)(C)C(O)CCC(=O)[O-].[Cl-].[NH4+].[NH4+]. The van der Waals surface area contributed by atoms with E-state index >= 15 is 0 Å². The lowest BCUT2D eigenvalue weighted by Gasteiger charge is -2.31. The molecule has 0 amide bonds. The summed E-state index contributed by atoms with van der Waals surface area (Å²) in [5.41, 5.74) is -0.199. The van der Waals surface area contributed by atoms with Crippen molar-refractivity contribution in [2.75, 3.05) is 0 Å². The lowest BCUT2D eigenvalue weighted by atomic mass is 9.79. The molecule has 0 saturated heterocycles. The molecule has 0 radical (unpaired) electrons. The number of carbonyl (C=O) groups is 1. The molecule has 0 aliphatic rings. The van der Waals surface area contributed by atoms with E-state index in [1.807, 2.05) is 13.8 Å². The highest BCUT2D eigenvalue weighted by atomic mass is 35.5. The first-order valence-electron chi connectivity index (χ1n) is 9.28. The van der Waals surface area contributed by atoms with Crippen molar-refractivity contribution in [2.45, 2.75) is 110 Å². The smallest absolute Gasteiger partial charge is 0.0594 e. The van der Waals surface area contributed by atoms with Crippen molar-refractivity contribution < 1.29 is 27.4 Å². The third-order valence-corrected chi connectivity index (χ3v) is 4.70. The molecule has 0 aromatic rings. The fourth-order valence-corrected chi connectivity index (χ4v) is 2.88. The number of aliphatic carboxylic acids is 1. The summed E-state index contributed by atoms with van der Waals surface area (Å²) in [6.45, 7) is 6.30. The Morgan fingerprint density at radius 3 is 1.72 bits per heavy atom. The highest BCUT2D eigenvalue weighted by Gasteiger charge is 2.26. The van der Waals surface area contributed by atoms with Crippen LogP contribution in [-0.2, 0) is 4.79 Å². The van der Waals surface area contributed by atoms with Gasteiger partial charge in [-0.2, -0.15) is 0 Å². The van der Waals surface area contributed by atoms with E-state index in [1.54, 1.807) is 0 Å². The number of quaternary nitrogens is 2. The molecule has 0 aliphatic heterocycles. The molecule has 0 saturated carbocycles. The van der Waals surface area contributed by atoms with Crippen LogP contribution in [0.3, 0.4) is 0 Å². The van der Waals surface area contributed by atoms with Crippen LogP contribution in [0, 0.1) is 5.41 Å². The summed E-state index contributed by atoms with van der Waals surface area (Å²) in [5, 5.41) is 20.5. The van der Waals surface area contributed by atoms with E-state index in [-0.39, 0.29) is 36.5 Å².